The van der Waals surface area contributed by atoms with E-state index in [-0.39, 0.29) is 5.56 Å². The molecule has 20 heavy (non-hydrogen) atoms. The summed E-state index contributed by atoms with van der Waals surface area (Å²) in [6.45, 7) is 4.60. The van der Waals surface area contributed by atoms with E-state index in [0.29, 0.717) is 0 Å². The summed E-state index contributed by atoms with van der Waals surface area (Å²) in [5.41, 5.74) is 4.76. The molecule has 0 spiro atoms. The maximum absolute atomic E-state index is 12.9. The number of nitrogens with two attached hydrogens (primary N) is 1. The zero-order valence-corrected chi connectivity index (χ0v) is 11.6. The Labute approximate surface area is 115 Å². The smallest absolute Gasteiger partial charge is 0.416 e. The molecule has 0 heterocycles. The molecule has 0 amide bonds. The molecule has 1 aromatic rings. The molecule has 1 aromatic carbocycles. The molecule has 2 N–H and O–H groups in total. The van der Waals surface area contributed by atoms with Crippen LogP contribution in [0.4, 0.5) is 13.2 Å². The van der Waals surface area contributed by atoms with Gasteiger partial charge in [0, 0.05) is 5.92 Å². The maximum atomic E-state index is 12.9. The summed E-state index contributed by atoms with van der Waals surface area (Å²) in [6, 6.07) is 4.47. The van der Waals surface area contributed by atoms with E-state index >= 15 is 0 Å². The van der Waals surface area contributed by atoms with Gasteiger partial charge in [-0.05, 0) is 25.5 Å². The third-order valence-corrected chi connectivity index (χ3v) is 3.13. The minimum absolute atomic E-state index is 0.102. The molecule has 0 saturated heterocycles. The van der Waals surface area contributed by atoms with E-state index in [9.17, 15) is 18.0 Å². The highest BCUT2D eigenvalue weighted by Gasteiger charge is 2.35. The highest BCUT2D eigenvalue weighted by atomic mass is 19.4. The zero-order chi connectivity index (χ0) is 15.5. The predicted octanol–water partition coefficient (Wildman–Crippen LogP) is 3.09. The monoisotopic (exact) mass is 289 g/mol. The molecule has 0 aliphatic heterocycles. The first-order valence-electron chi connectivity index (χ1n) is 6.26. The van der Waals surface area contributed by atoms with Crippen LogP contribution in [0.3, 0.4) is 0 Å². The van der Waals surface area contributed by atoms with Crippen LogP contribution in [-0.2, 0) is 15.7 Å². The molecule has 0 unspecified atom stereocenters. The van der Waals surface area contributed by atoms with Gasteiger partial charge in [0.05, 0.1) is 5.56 Å². The summed E-state index contributed by atoms with van der Waals surface area (Å²) in [5, 5.41) is 0. The van der Waals surface area contributed by atoms with Crippen molar-refractivity contribution >= 4 is 5.97 Å². The van der Waals surface area contributed by atoms with Gasteiger partial charge in [0.15, 0.2) is 0 Å². The largest absolute Gasteiger partial charge is 0.461 e. The lowest BCUT2D eigenvalue weighted by molar-refractivity contribution is -0.150. The van der Waals surface area contributed by atoms with E-state index < -0.39 is 35.8 Å². The fourth-order valence-corrected chi connectivity index (χ4v) is 1.80. The second-order valence-electron chi connectivity index (χ2n) is 4.80. The van der Waals surface area contributed by atoms with Gasteiger partial charge in [0.1, 0.15) is 12.1 Å². The molecule has 112 valence electrons. The van der Waals surface area contributed by atoms with Crippen molar-refractivity contribution in [1.29, 1.82) is 0 Å². The van der Waals surface area contributed by atoms with Crippen LogP contribution in [-0.4, -0.2) is 18.1 Å². The van der Waals surface area contributed by atoms with E-state index in [1.807, 2.05) is 0 Å². The molecule has 0 aromatic heterocycles. The standard InChI is InChI=1S/C14H18F3NO2/c1-8(10(3)20-13(19)9(2)18)11-6-4-5-7-12(11)14(15,16)17/h4-10H,18H2,1-3H3/t8-,9+,10+/m1/s1. The Kier molecular flexibility index (Phi) is 5.16. The number of alkyl halides is 3. The van der Waals surface area contributed by atoms with Crippen molar-refractivity contribution in [2.75, 3.05) is 0 Å². The summed E-state index contributed by atoms with van der Waals surface area (Å²) in [6.07, 6.45) is -5.13. The Bertz CT molecular complexity index is 472. The molecule has 0 aliphatic carbocycles. The normalized spacial score (nSPS) is 16.4. The Hall–Kier alpha value is -1.56. The topological polar surface area (TPSA) is 52.3 Å². The number of carbonyl (C=O) groups is 1. The summed E-state index contributed by atoms with van der Waals surface area (Å²) >= 11 is 0. The Balaban J connectivity index is 2.98. The average Bonchev–Trinajstić information content (AvgIpc) is 2.36. The van der Waals surface area contributed by atoms with E-state index in [0.717, 1.165) is 6.07 Å². The Morgan fingerprint density at radius 1 is 1.20 bits per heavy atom. The lowest BCUT2D eigenvalue weighted by Gasteiger charge is -2.24. The van der Waals surface area contributed by atoms with E-state index in [1.54, 1.807) is 13.8 Å². The summed E-state index contributed by atoms with van der Waals surface area (Å²) in [4.78, 5) is 11.4. The van der Waals surface area contributed by atoms with Gasteiger partial charge in [0.2, 0.25) is 0 Å². The number of ether oxygens (including phenoxy) is 1. The van der Waals surface area contributed by atoms with Gasteiger partial charge in [-0.15, -0.1) is 0 Å². The van der Waals surface area contributed by atoms with Crippen molar-refractivity contribution in [3.8, 4) is 0 Å². The van der Waals surface area contributed by atoms with E-state index in [2.05, 4.69) is 0 Å². The zero-order valence-electron chi connectivity index (χ0n) is 11.6. The summed E-state index contributed by atoms with van der Waals surface area (Å²) < 4.78 is 43.9. The van der Waals surface area contributed by atoms with E-state index in [1.165, 1.54) is 25.1 Å². The molecular formula is C14H18F3NO2. The molecule has 0 radical (unpaired) electrons. The lowest BCUT2D eigenvalue weighted by atomic mass is 9.91. The molecule has 6 heteroatoms. The fraction of sp³-hybridized carbons (Fsp3) is 0.500. The van der Waals surface area contributed by atoms with Crippen LogP contribution < -0.4 is 5.73 Å². The number of halogens is 3. The fourth-order valence-electron chi connectivity index (χ4n) is 1.80. The van der Waals surface area contributed by atoms with Gasteiger partial charge in [0.25, 0.3) is 0 Å². The lowest BCUT2D eigenvalue weighted by Crippen LogP contribution is -2.33. The molecular weight excluding hydrogens is 271 g/mol. The van der Waals surface area contributed by atoms with Gasteiger partial charge in [-0.2, -0.15) is 13.2 Å². The van der Waals surface area contributed by atoms with Gasteiger partial charge >= 0.3 is 12.1 Å². The van der Waals surface area contributed by atoms with Crippen molar-refractivity contribution in [2.24, 2.45) is 5.73 Å². The third kappa shape index (κ3) is 3.96. The molecule has 0 aliphatic rings. The van der Waals surface area contributed by atoms with Crippen molar-refractivity contribution in [3.63, 3.8) is 0 Å². The first-order valence-corrected chi connectivity index (χ1v) is 6.26. The van der Waals surface area contributed by atoms with Gasteiger partial charge in [-0.3, -0.25) is 4.79 Å². The molecule has 1 rings (SSSR count). The molecule has 0 saturated carbocycles. The van der Waals surface area contributed by atoms with E-state index in [4.69, 9.17) is 10.5 Å². The first kappa shape index (κ1) is 16.5. The van der Waals surface area contributed by atoms with Gasteiger partial charge in [-0.25, -0.2) is 0 Å². The first-order chi connectivity index (χ1) is 9.14. The predicted molar refractivity (Wildman–Crippen MR) is 69.1 cm³/mol. The van der Waals surface area contributed by atoms with Gasteiger partial charge < -0.3 is 10.5 Å². The van der Waals surface area contributed by atoms with Crippen LogP contribution in [0.2, 0.25) is 0 Å². The van der Waals surface area contributed by atoms with Crippen molar-refractivity contribution in [3.05, 3.63) is 35.4 Å². The van der Waals surface area contributed by atoms with Crippen molar-refractivity contribution < 1.29 is 22.7 Å². The number of benzene rings is 1. The Morgan fingerprint density at radius 3 is 2.25 bits per heavy atom. The molecule has 3 nitrogen and oxygen atoms in total. The van der Waals surface area contributed by atoms with Crippen LogP contribution in [0.15, 0.2) is 24.3 Å². The summed E-state index contributed by atoms with van der Waals surface area (Å²) in [5.74, 6) is -1.22. The minimum Gasteiger partial charge on any atom is -0.461 e. The quantitative estimate of drug-likeness (QED) is 0.867. The second-order valence-corrected chi connectivity index (χ2v) is 4.80. The van der Waals surface area contributed by atoms with Crippen LogP contribution >= 0.6 is 0 Å². The second kappa shape index (κ2) is 6.26. The number of hydrogen-bond donors (Lipinski definition) is 1. The van der Waals surface area contributed by atoms with Gasteiger partial charge in [-0.1, -0.05) is 25.1 Å². The van der Waals surface area contributed by atoms with Crippen molar-refractivity contribution in [2.45, 2.75) is 45.0 Å². The molecule has 0 fully saturated rings. The summed E-state index contributed by atoms with van der Waals surface area (Å²) in [7, 11) is 0. The van der Waals surface area contributed by atoms with Crippen molar-refractivity contribution in [1.82, 2.24) is 0 Å². The van der Waals surface area contributed by atoms with Crippen LogP contribution in [0, 0.1) is 0 Å². The maximum Gasteiger partial charge on any atom is 0.416 e. The minimum atomic E-state index is -4.43. The molecule has 3 atom stereocenters. The van der Waals surface area contributed by atoms with Crippen LogP contribution in [0.25, 0.3) is 0 Å². The van der Waals surface area contributed by atoms with Crippen LogP contribution in [0.1, 0.15) is 37.8 Å². The highest BCUT2D eigenvalue weighted by molar-refractivity contribution is 5.75. The average molecular weight is 289 g/mol. The number of rotatable bonds is 4. The SMILES string of the molecule is C[C@H](N)C(=O)O[C@@H](C)[C@@H](C)c1ccccc1C(F)(F)F. The molecule has 0 bridgehead atoms. The highest BCUT2D eigenvalue weighted by Crippen LogP contribution is 2.36. The number of esters is 1. The third-order valence-electron chi connectivity index (χ3n) is 3.13. The number of carbonyl (C=O) groups excluding carboxylic acids is 1. The van der Waals surface area contributed by atoms with Crippen LogP contribution in [0.5, 0.6) is 0 Å². The Morgan fingerprint density at radius 2 is 1.75 bits per heavy atom. The number of hydrogen-bond acceptors (Lipinski definition) is 3.